The average molecular weight is 204 g/mol. The minimum Gasteiger partial charge on any atom is -0.241 e. The fourth-order valence-corrected chi connectivity index (χ4v) is 1.86. The van der Waals surface area contributed by atoms with E-state index in [-0.39, 0.29) is 0 Å². The molecule has 0 amide bonds. The van der Waals surface area contributed by atoms with Gasteiger partial charge in [0.15, 0.2) is 0 Å². The third-order valence-electron chi connectivity index (χ3n) is 2.02. The molecule has 1 aromatic heterocycles. The van der Waals surface area contributed by atoms with Crippen LogP contribution in [0.1, 0.15) is 5.56 Å². The molecular formula is C11H12N2S. The molecule has 0 spiro atoms. The summed E-state index contributed by atoms with van der Waals surface area (Å²) in [5, 5.41) is 4.17. The number of thioether (sulfide) groups is 1. The first-order chi connectivity index (χ1) is 6.90. The molecule has 72 valence electrons. The molecule has 0 saturated heterocycles. The Labute approximate surface area is 87.9 Å². The number of hydrogen-bond donors (Lipinski definition) is 0. The van der Waals surface area contributed by atoms with Gasteiger partial charge < -0.3 is 0 Å². The number of benzene rings is 1. The first-order valence-electron chi connectivity index (χ1n) is 4.48. The lowest BCUT2D eigenvalue weighted by Gasteiger charge is -2.02. The Hall–Kier alpha value is -1.22. The number of hydrogen-bond acceptors (Lipinski definition) is 2. The van der Waals surface area contributed by atoms with Gasteiger partial charge in [-0.1, -0.05) is 12.1 Å². The fourth-order valence-electron chi connectivity index (χ4n) is 1.33. The van der Waals surface area contributed by atoms with Crippen LogP contribution in [0.15, 0.2) is 42.7 Å². The second kappa shape index (κ2) is 4.33. The van der Waals surface area contributed by atoms with Gasteiger partial charge in [-0.3, -0.25) is 0 Å². The summed E-state index contributed by atoms with van der Waals surface area (Å²) in [6.07, 6.45) is 5.85. The lowest BCUT2D eigenvalue weighted by atomic mass is 10.2. The molecule has 1 heterocycles. The topological polar surface area (TPSA) is 17.8 Å². The zero-order valence-electron chi connectivity index (χ0n) is 8.05. The Morgan fingerprint density at radius 1 is 1.29 bits per heavy atom. The van der Waals surface area contributed by atoms with Crippen molar-refractivity contribution in [1.29, 1.82) is 0 Å². The molecule has 2 rings (SSSR count). The molecule has 0 bridgehead atoms. The van der Waals surface area contributed by atoms with Crippen LogP contribution < -0.4 is 0 Å². The summed E-state index contributed by atoms with van der Waals surface area (Å²) in [5.74, 6) is 1.07. The van der Waals surface area contributed by atoms with Crippen LogP contribution in [0, 0.1) is 0 Å². The molecule has 0 N–H and O–H groups in total. The average Bonchev–Trinajstić information content (AvgIpc) is 2.72. The summed E-state index contributed by atoms with van der Waals surface area (Å²) in [6.45, 7) is 0. The molecule has 0 aliphatic carbocycles. The number of aromatic nitrogens is 2. The molecular weight excluding hydrogens is 192 g/mol. The number of nitrogens with zero attached hydrogens (tertiary/aromatic N) is 2. The van der Waals surface area contributed by atoms with Crippen LogP contribution in [-0.4, -0.2) is 16.0 Å². The first-order valence-corrected chi connectivity index (χ1v) is 5.87. The predicted molar refractivity (Wildman–Crippen MR) is 60.8 cm³/mol. The Kier molecular flexibility index (Phi) is 2.89. The molecule has 14 heavy (non-hydrogen) atoms. The smallest absolute Gasteiger partial charge is 0.0645 e. The van der Waals surface area contributed by atoms with Crippen LogP contribution >= 0.6 is 11.8 Å². The lowest BCUT2D eigenvalue weighted by Crippen LogP contribution is -1.93. The van der Waals surface area contributed by atoms with E-state index in [4.69, 9.17) is 0 Å². The Morgan fingerprint density at radius 2 is 2.07 bits per heavy atom. The molecule has 2 aromatic rings. The van der Waals surface area contributed by atoms with Gasteiger partial charge in [-0.05, 0) is 30.0 Å². The SMILES string of the molecule is CSCc1ccc(-n2cccn2)cc1. The molecule has 1 aromatic carbocycles. The van der Waals surface area contributed by atoms with Crippen molar-refractivity contribution in [2.24, 2.45) is 0 Å². The quantitative estimate of drug-likeness (QED) is 0.765. The summed E-state index contributed by atoms with van der Waals surface area (Å²) < 4.78 is 1.86. The van der Waals surface area contributed by atoms with Crippen LogP contribution in [0.5, 0.6) is 0 Å². The molecule has 2 nitrogen and oxygen atoms in total. The van der Waals surface area contributed by atoms with Gasteiger partial charge >= 0.3 is 0 Å². The summed E-state index contributed by atoms with van der Waals surface area (Å²) in [4.78, 5) is 0. The van der Waals surface area contributed by atoms with Crippen LogP contribution in [-0.2, 0) is 5.75 Å². The second-order valence-corrected chi connectivity index (χ2v) is 3.92. The minimum absolute atomic E-state index is 1.07. The van der Waals surface area contributed by atoms with E-state index in [1.165, 1.54) is 5.56 Å². The van der Waals surface area contributed by atoms with Crippen LogP contribution in [0.25, 0.3) is 5.69 Å². The van der Waals surface area contributed by atoms with E-state index in [1.54, 1.807) is 6.20 Å². The summed E-state index contributed by atoms with van der Waals surface area (Å²) in [7, 11) is 0. The highest BCUT2D eigenvalue weighted by Gasteiger charge is 1.95. The van der Waals surface area contributed by atoms with E-state index >= 15 is 0 Å². The summed E-state index contributed by atoms with van der Waals surface area (Å²) in [6, 6.07) is 10.4. The fraction of sp³-hybridized carbons (Fsp3) is 0.182. The van der Waals surface area contributed by atoms with Crippen LogP contribution in [0.3, 0.4) is 0 Å². The highest BCUT2D eigenvalue weighted by Crippen LogP contribution is 2.12. The maximum absolute atomic E-state index is 4.17. The van der Waals surface area contributed by atoms with Crippen molar-refractivity contribution in [2.75, 3.05) is 6.26 Å². The Morgan fingerprint density at radius 3 is 2.64 bits per heavy atom. The number of rotatable bonds is 3. The van der Waals surface area contributed by atoms with E-state index in [2.05, 4.69) is 35.6 Å². The van der Waals surface area contributed by atoms with Crippen molar-refractivity contribution in [3.05, 3.63) is 48.3 Å². The van der Waals surface area contributed by atoms with E-state index in [0.29, 0.717) is 0 Å². The minimum atomic E-state index is 1.07. The largest absolute Gasteiger partial charge is 0.241 e. The second-order valence-electron chi connectivity index (χ2n) is 3.05. The zero-order valence-corrected chi connectivity index (χ0v) is 8.87. The normalized spacial score (nSPS) is 10.4. The van der Waals surface area contributed by atoms with E-state index in [0.717, 1.165) is 11.4 Å². The molecule has 0 fully saturated rings. The van der Waals surface area contributed by atoms with Gasteiger partial charge in [0.05, 0.1) is 5.69 Å². The van der Waals surface area contributed by atoms with Crippen molar-refractivity contribution in [3.8, 4) is 5.69 Å². The van der Waals surface area contributed by atoms with Gasteiger partial charge in [-0.25, -0.2) is 4.68 Å². The third kappa shape index (κ3) is 1.99. The van der Waals surface area contributed by atoms with Crippen molar-refractivity contribution < 1.29 is 0 Å². The van der Waals surface area contributed by atoms with Crippen molar-refractivity contribution in [2.45, 2.75) is 5.75 Å². The molecule has 3 heteroatoms. The standard InChI is InChI=1S/C11H12N2S/c1-14-9-10-3-5-11(6-4-10)13-8-2-7-12-13/h2-8H,9H2,1H3. The molecule has 0 unspecified atom stereocenters. The van der Waals surface area contributed by atoms with Gasteiger partial charge in [0.2, 0.25) is 0 Å². The van der Waals surface area contributed by atoms with Crippen LogP contribution in [0.4, 0.5) is 0 Å². The molecule has 0 saturated carbocycles. The van der Waals surface area contributed by atoms with Gasteiger partial charge in [0, 0.05) is 18.1 Å². The van der Waals surface area contributed by atoms with Gasteiger partial charge in [-0.2, -0.15) is 16.9 Å². The summed E-state index contributed by atoms with van der Waals surface area (Å²) in [5.41, 5.74) is 2.47. The highest BCUT2D eigenvalue weighted by molar-refractivity contribution is 7.97. The third-order valence-corrected chi connectivity index (χ3v) is 2.64. The van der Waals surface area contributed by atoms with Gasteiger partial charge in [0.25, 0.3) is 0 Å². The predicted octanol–water partition coefficient (Wildman–Crippen LogP) is 2.74. The maximum Gasteiger partial charge on any atom is 0.0645 e. The van der Waals surface area contributed by atoms with Crippen LogP contribution in [0.2, 0.25) is 0 Å². The highest BCUT2D eigenvalue weighted by atomic mass is 32.2. The lowest BCUT2D eigenvalue weighted by molar-refractivity contribution is 0.880. The zero-order chi connectivity index (χ0) is 9.80. The van der Waals surface area contributed by atoms with Gasteiger partial charge in [-0.15, -0.1) is 0 Å². The molecule has 0 aliphatic heterocycles. The Balaban J connectivity index is 2.22. The molecule has 0 atom stereocenters. The first kappa shape index (κ1) is 9.34. The van der Waals surface area contributed by atoms with Crippen molar-refractivity contribution in [1.82, 2.24) is 9.78 Å². The maximum atomic E-state index is 4.17. The monoisotopic (exact) mass is 204 g/mol. The van der Waals surface area contributed by atoms with E-state index < -0.39 is 0 Å². The van der Waals surface area contributed by atoms with Gasteiger partial charge in [0.1, 0.15) is 0 Å². The van der Waals surface area contributed by atoms with E-state index in [1.807, 2.05) is 28.7 Å². The Bertz CT molecular complexity index is 378. The molecule has 0 aliphatic rings. The molecule has 0 radical (unpaired) electrons. The van der Waals surface area contributed by atoms with Crippen molar-refractivity contribution in [3.63, 3.8) is 0 Å². The van der Waals surface area contributed by atoms with Crippen molar-refractivity contribution >= 4 is 11.8 Å². The summed E-state index contributed by atoms with van der Waals surface area (Å²) >= 11 is 1.84. The van der Waals surface area contributed by atoms with E-state index in [9.17, 15) is 0 Å².